The van der Waals surface area contributed by atoms with Gasteiger partial charge >= 0.3 is 0 Å². The lowest BCUT2D eigenvalue weighted by atomic mass is 10.3. The summed E-state index contributed by atoms with van der Waals surface area (Å²) in [5.74, 6) is 0. The third-order valence-corrected chi connectivity index (χ3v) is 1.91. The van der Waals surface area contributed by atoms with E-state index in [1.54, 1.807) is 0 Å². The third kappa shape index (κ3) is 1.47. The molecule has 1 heterocycles. The van der Waals surface area contributed by atoms with E-state index in [1.807, 2.05) is 0 Å². The molecule has 0 bridgehead atoms. The van der Waals surface area contributed by atoms with Crippen molar-refractivity contribution in [3.63, 3.8) is 0 Å². The second kappa shape index (κ2) is 3.22. The van der Waals surface area contributed by atoms with Crippen LogP contribution < -0.4 is 11.2 Å². The Labute approximate surface area is 74.7 Å². The standard InChI is InChI=1S/C6H5BrF2N2O/c7-2-1-11-4(6(8)9)3(10)5(2)12/h1,6H,10H2,(H,11,12). The Balaban J connectivity index is 3.37. The molecule has 1 aromatic rings. The molecule has 0 radical (unpaired) electrons. The Morgan fingerprint density at radius 3 is 2.67 bits per heavy atom. The van der Waals surface area contributed by atoms with Crippen LogP contribution in [0.5, 0.6) is 0 Å². The highest BCUT2D eigenvalue weighted by Crippen LogP contribution is 2.20. The lowest BCUT2D eigenvalue weighted by Gasteiger charge is -2.03. The van der Waals surface area contributed by atoms with Gasteiger partial charge in [-0.3, -0.25) is 4.79 Å². The van der Waals surface area contributed by atoms with Gasteiger partial charge < -0.3 is 10.7 Å². The fourth-order valence-corrected chi connectivity index (χ4v) is 1.04. The summed E-state index contributed by atoms with van der Waals surface area (Å²) in [6.07, 6.45) is -1.62. The van der Waals surface area contributed by atoms with Crippen LogP contribution in [-0.2, 0) is 0 Å². The molecule has 0 aliphatic heterocycles. The first-order valence-corrected chi connectivity index (χ1v) is 3.78. The Bertz CT molecular complexity index is 350. The molecule has 0 aliphatic carbocycles. The van der Waals surface area contributed by atoms with E-state index in [2.05, 4.69) is 20.9 Å². The molecular formula is C6H5BrF2N2O. The highest BCUT2D eigenvalue weighted by Gasteiger charge is 2.14. The predicted octanol–water partition coefficient (Wildman–Crippen LogP) is 1.66. The number of nitrogens with one attached hydrogen (secondary N) is 1. The van der Waals surface area contributed by atoms with E-state index in [1.165, 1.54) is 0 Å². The first kappa shape index (κ1) is 9.18. The smallest absolute Gasteiger partial charge is 0.280 e. The van der Waals surface area contributed by atoms with Crippen LogP contribution in [0.2, 0.25) is 0 Å². The fraction of sp³-hybridized carbons (Fsp3) is 0.167. The second-order valence-electron chi connectivity index (χ2n) is 2.09. The van der Waals surface area contributed by atoms with Crippen molar-refractivity contribution in [3.05, 3.63) is 26.6 Å². The average Bonchev–Trinajstić information content (AvgIpc) is 2.00. The maximum absolute atomic E-state index is 12.1. The van der Waals surface area contributed by atoms with Crippen molar-refractivity contribution in [1.82, 2.24) is 4.98 Å². The van der Waals surface area contributed by atoms with Gasteiger partial charge in [0, 0.05) is 6.20 Å². The number of hydrogen-bond acceptors (Lipinski definition) is 2. The van der Waals surface area contributed by atoms with Gasteiger partial charge in [-0.15, -0.1) is 0 Å². The van der Waals surface area contributed by atoms with Crippen LogP contribution in [-0.4, -0.2) is 4.98 Å². The van der Waals surface area contributed by atoms with Crippen LogP contribution >= 0.6 is 15.9 Å². The van der Waals surface area contributed by atoms with Crippen molar-refractivity contribution >= 4 is 21.6 Å². The summed E-state index contributed by atoms with van der Waals surface area (Å²) in [5.41, 5.74) is 3.53. The van der Waals surface area contributed by atoms with Crippen LogP contribution in [0.3, 0.4) is 0 Å². The van der Waals surface area contributed by atoms with Gasteiger partial charge in [0.2, 0.25) is 5.43 Å². The molecule has 1 rings (SSSR count). The lowest BCUT2D eigenvalue weighted by Crippen LogP contribution is -2.13. The Hall–Kier alpha value is -0.910. The molecule has 3 nitrogen and oxygen atoms in total. The molecule has 66 valence electrons. The molecule has 1 aromatic heterocycles. The summed E-state index contributed by atoms with van der Waals surface area (Å²) in [4.78, 5) is 13.2. The van der Waals surface area contributed by atoms with E-state index in [9.17, 15) is 13.6 Å². The van der Waals surface area contributed by atoms with Crippen LogP contribution in [0, 0.1) is 0 Å². The molecule has 0 unspecified atom stereocenters. The zero-order valence-corrected chi connectivity index (χ0v) is 7.36. The summed E-state index contributed by atoms with van der Waals surface area (Å²) in [5, 5.41) is 0. The molecule has 0 saturated carbocycles. The van der Waals surface area contributed by atoms with Gasteiger partial charge in [0.25, 0.3) is 6.43 Å². The number of pyridine rings is 1. The summed E-state index contributed by atoms with van der Waals surface area (Å²) < 4.78 is 24.3. The number of H-pyrrole nitrogens is 1. The minimum absolute atomic E-state index is 0.143. The van der Waals surface area contributed by atoms with Crippen molar-refractivity contribution < 1.29 is 8.78 Å². The van der Waals surface area contributed by atoms with Gasteiger partial charge in [0.05, 0.1) is 4.47 Å². The lowest BCUT2D eigenvalue weighted by molar-refractivity contribution is 0.147. The number of aromatic amines is 1. The van der Waals surface area contributed by atoms with E-state index in [0.29, 0.717) is 0 Å². The third-order valence-electron chi connectivity index (χ3n) is 1.32. The number of hydrogen-bond donors (Lipinski definition) is 2. The highest BCUT2D eigenvalue weighted by atomic mass is 79.9. The molecule has 0 atom stereocenters. The molecule has 3 N–H and O–H groups in total. The normalized spacial score (nSPS) is 10.7. The molecule has 0 saturated heterocycles. The largest absolute Gasteiger partial charge is 0.394 e. The van der Waals surface area contributed by atoms with Gasteiger partial charge in [-0.2, -0.15) is 0 Å². The number of halogens is 3. The van der Waals surface area contributed by atoms with Gasteiger partial charge in [-0.1, -0.05) is 0 Å². The molecule has 0 spiro atoms. The number of rotatable bonds is 1. The number of nitrogens with two attached hydrogens (primary N) is 1. The van der Waals surface area contributed by atoms with Crippen molar-refractivity contribution in [2.24, 2.45) is 0 Å². The van der Waals surface area contributed by atoms with E-state index >= 15 is 0 Å². The van der Waals surface area contributed by atoms with E-state index in [0.717, 1.165) is 6.20 Å². The van der Waals surface area contributed by atoms with Crippen molar-refractivity contribution in [2.75, 3.05) is 5.73 Å². The predicted molar refractivity (Wildman–Crippen MR) is 44.1 cm³/mol. The number of aromatic nitrogens is 1. The first-order chi connectivity index (χ1) is 5.54. The molecule has 0 fully saturated rings. The van der Waals surface area contributed by atoms with E-state index < -0.39 is 23.2 Å². The quantitative estimate of drug-likeness (QED) is 0.782. The molecule has 0 aliphatic rings. The maximum atomic E-state index is 12.1. The van der Waals surface area contributed by atoms with E-state index in [-0.39, 0.29) is 4.47 Å². The number of alkyl halides is 2. The Morgan fingerprint density at radius 2 is 2.17 bits per heavy atom. The Morgan fingerprint density at radius 1 is 1.58 bits per heavy atom. The van der Waals surface area contributed by atoms with E-state index in [4.69, 9.17) is 5.73 Å². The fourth-order valence-electron chi connectivity index (χ4n) is 0.716. The minimum Gasteiger partial charge on any atom is -0.394 e. The number of nitrogen functional groups attached to an aromatic ring is 1. The van der Waals surface area contributed by atoms with Crippen LogP contribution in [0.1, 0.15) is 12.1 Å². The highest BCUT2D eigenvalue weighted by molar-refractivity contribution is 9.10. The summed E-state index contributed by atoms with van der Waals surface area (Å²) >= 11 is 2.86. The molecule has 0 aromatic carbocycles. The SMILES string of the molecule is Nc1c(C(F)F)[nH]cc(Br)c1=O. The van der Waals surface area contributed by atoms with Crippen molar-refractivity contribution in [2.45, 2.75) is 6.43 Å². The zero-order valence-electron chi connectivity index (χ0n) is 5.77. The molecule has 12 heavy (non-hydrogen) atoms. The Kier molecular flexibility index (Phi) is 2.46. The van der Waals surface area contributed by atoms with Crippen molar-refractivity contribution in [1.29, 1.82) is 0 Å². The molecular weight excluding hydrogens is 234 g/mol. The van der Waals surface area contributed by atoms with Crippen LogP contribution in [0.4, 0.5) is 14.5 Å². The first-order valence-electron chi connectivity index (χ1n) is 2.98. The van der Waals surface area contributed by atoms with Gasteiger partial charge in [0.15, 0.2) is 0 Å². The molecule has 6 heteroatoms. The van der Waals surface area contributed by atoms with Crippen LogP contribution in [0.25, 0.3) is 0 Å². The van der Waals surface area contributed by atoms with Gasteiger partial charge in [-0.25, -0.2) is 8.78 Å². The second-order valence-corrected chi connectivity index (χ2v) is 2.95. The zero-order chi connectivity index (χ0) is 9.30. The molecule has 0 amide bonds. The number of anilines is 1. The van der Waals surface area contributed by atoms with Crippen molar-refractivity contribution in [3.8, 4) is 0 Å². The monoisotopic (exact) mass is 238 g/mol. The van der Waals surface area contributed by atoms with Gasteiger partial charge in [-0.05, 0) is 15.9 Å². The maximum Gasteiger partial charge on any atom is 0.280 e. The van der Waals surface area contributed by atoms with Gasteiger partial charge in [0.1, 0.15) is 11.4 Å². The summed E-state index contributed by atoms with van der Waals surface area (Å²) in [7, 11) is 0. The average molecular weight is 239 g/mol. The minimum atomic E-state index is -2.76. The summed E-state index contributed by atoms with van der Waals surface area (Å²) in [6.45, 7) is 0. The van der Waals surface area contributed by atoms with Crippen LogP contribution in [0.15, 0.2) is 15.5 Å². The topological polar surface area (TPSA) is 58.9 Å². The summed E-state index contributed by atoms with van der Waals surface area (Å²) in [6, 6.07) is 0.